The van der Waals surface area contributed by atoms with E-state index in [1.54, 1.807) is 54.6 Å². The summed E-state index contributed by atoms with van der Waals surface area (Å²) in [5.74, 6) is -1.23. The molecule has 3 aromatic carbocycles. The quantitative estimate of drug-likeness (QED) is 0.144. The number of carbonyl (C=O) groups is 3. The van der Waals surface area contributed by atoms with Crippen molar-refractivity contribution in [2.45, 2.75) is 91.8 Å². The van der Waals surface area contributed by atoms with Crippen LogP contribution in [0.1, 0.15) is 111 Å². The summed E-state index contributed by atoms with van der Waals surface area (Å²) in [5.41, 5.74) is 4.17. The molecule has 0 amide bonds. The molecular formula is C36H44O6. The largest absolute Gasteiger partial charge is 0.478 e. The van der Waals surface area contributed by atoms with Gasteiger partial charge in [-0.1, -0.05) is 76.8 Å². The van der Waals surface area contributed by atoms with Crippen molar-refractivity contribution in [3.8, 4) is 22.3 Å². The highest BCUT2D eigenvalue weighted by Gasteiger charge is 2.18. The van der Waals surface area contributed by atoms with Gasteiger partial charge in [-0.2, -0.15) is 0 Å². The van der Waals surface area contributed by atoms with E-state index in [4.69, 9.17) is 9.47 Å². The Hall–Kier alpha value is -3.93. The molecule has 42 heavy (non-hydrogen) atoms. The first-order chi connectivity index (χ1) is 20.2. The average molecular weight is 573 g/mol. The molecule has 0 saturated carbocycles. The number of hydrogen-bond donors (Lipinski definition) is 1. The van der Waals surface area contributed by atoms with Crippen LogP contribution >= 0.6 is 0 Å². The molecule has 0 aliphatic rings. The van der Waals surface area contributed by atoms with Gasteiger partial charge in [0.2, 0.25) is 0 Å². The van der Waals surface area contributed by atoms with Crippen molar-refractivity contribution in [2.24, 2.45) is 5.92 Å². The number of ether oxygens (including phenoxy) is 2. The maximum Gasteiger partial charge on any atom is 0.338 e. The van der Waals surface area contributed by atoms with E-state index in [0.29, 0.717) is 22.6 Å². The number of aromatic carboxylic acids is 1. The molecule has 0 aromatic heterocycles. The molecule has 0 aliphatic carbocycles. The third-order valence-corrected chi connectivity index (χ3v) is 7.78. The zero-order valence-corrected chi connectivity index (χ0v) is 25.5. The summed E-state index contributed by atoms with van der Waals surface area (Å²) in [6.45, 7) is 10.3. The molecule has 0 aliphatic heterocycles. The first-order valence-electron chi connectivity index (χ1n) is 15.2. The molecule has 3 rings (SSSR count). The fraction of sp³-hybridized carbons (Fsp3) is 0.417. The first kappa shape index (κ1) is 32.6. The topological polar surface area (TPSA) is 89.9 Å². The normalized spacial score (nSPS) is 12.5. The van der Waals surface area contributed by atoms with Crippen LogP contribution in [0.25, 0.3) is 22.3 Å². The number of carboxylic acid groups (broad SMARTS) is 1. The van der Waals surface area contributed by atoms with Crippen LogP contribution < -0.4 is 0 Å². The molecule has 0 bridgehead atoms. The van der Waals surface area contributed by atoms with Crippen LogP contribution in [0.2, 0.25) is 0 Å². The second-order valence-electron chi connectivity index (χ2n) is 11.1. The molecule has 0 saturated heterocycles. The molecule has 0 radical (unpaired) electrons. The first-order valence-corrected chi connectivity index (χ1v) is 15.2. The van der Waals surface area contributed by atoms with Crippen LogP contribution in [-0.2, 0) is 9.47 Å². The third-order valence-electron chi connectivity index (χ3n) is 7.78. The van der Waals surface area contributed by atoms with Crippen LogP contribution in [0.5, 0.6) is 0 Å². The predicted molar refractivity (Wildman–Crippen MR) is 167 cm³/mol. The lowest BCUT2D eigenvalue weighted by molar-refractivity contribution is 0.0282. The molecule has 1 N–H and O–H groups in total. The number of benzene rings is 3. The zero-order chi connectivity index (χ0) is 30.6. The monoisotopic (exact) mass is 572 g/mol. The van der Waals surface area contributed by atoms with Crippen LogP contribution in [0.4, 0.5) is 0 Å². The fourth-order valence-electron chi connectivity index (χ4n) is 5.12. The minimum atomic E-state index is -1.03. The summed E-state index contributed by atoms with van der Waals surface area (Å²) in [5, 5.41) is 9.64. The lowest BCUT2D eigenvalue weighted by Crippen LogP contribution is -2.18. The van der Waals surface area contributed by atoms with E-state index in [-0.39, 0.29) is 29.7 Å². The van der Waals surface area contributed by atoms with Crippen molar-refractivity contribution in [3.05, 3.63) is 83.4 Å². The smallest absolute Gasteiger partial charge is 0.338 e. The van der Waals surface area contributed by atoms with Crippen molar-refractivity contribution in [2.75, 3.05) is 0 Å². The summed E-state index contributed by atoms with van der Waals surface area (Å²) in [4.78, 5) is 37.2. The molecule has 0 fully saturated rings. The summed E-state index contributed by atoms with van der Waals surface area (Å²) >= 11 is 0. The van der Waals surface area contributed by atoms with Crippen molar-refractivity contribution >= 4 is 17.9 Å². The van der Waals surface area contributed by atoms with Gasteiger partial charge in [0.1, 0.15) is 0 Å². The highest BCUT2D eigenvalue weighted by atomic mass is 16.5. The Morgan fingerprint density at radius 3 is 1.67 bits per heavy atom. The summed E-state index contributed by atoms with van der Waals surface area (Å²) in [6.07, 6.45) is 6.70. The molecule has 224 valence electrons. The van der Waals surface area contributed by atoms with E-state index in [9.17, 15) is 19.5 Å². The lowest BCUT2D eigenvalue weighted by atomic mass is 9.92. The van der Waals surface area contributed by atoms with Gasteiger partial charge in [0, 0.05) is 0 Å². The Morgan fingerprint density at radius 2 is 1.17 bits per heavy atom. The van der Waals surface area contributed by atoms with Crippen LogP contribution in [0, 0.1) is 5.92 Å². The van der Waals surface area contributed by atoms with Crippen LogP contribution in [0.15, 0.2) is 66.7 Å². The number of carboxylic acids is 1. The molecule has 0 unspecified atom stereocenters. The Kier molecular flexibility index (Phi) is 12.3. The second-order valence-corrected chi connectivity index (χ2v) is 11.1. The standard InChI is InChI=1S/C36H44O6/c1-6-9-10-11-24(4)41-35(39)29-18-14-28(15-19-29)33-23-31(34(37)38)20-21-32(33)27-12-16-30(17-13-27)36(40)42-25(5)22-26(7-2)8-3/h12-21,23-26H,6-11,22H2,1-5H3,(H,37,38)/t24-,25-/m1/s1. The average Bonchev–Trinajstić information content (AvgIpc) is 2.99. The van der Waals surface area contributed by atoms with E-state index in [2.05, 4.69) is 20.8 Å². The van der Waals surface area contributed by atoms with Crippen LogP contribution in [0.3, 0.4) is 0 Å². The SMILES string of the molecule is CCCCC[C@@H](C)OC(=O)c1ccc(-c2cc(C(=O)O)ccc2-c2ccc(C(=O)O[C@H](C)CC(CC)CC)cc2)cc1. The highest BCUT2D eigenvalue weighted by Crippen LogP contribution is 2.34. The van der Waals surface area contributed by atoms with Crippen molar-refractivity contribution in [3.63, 3.8) is 0 Å². The number of esters is 2. The predicted octanol–water partition coefficient (Wildman–Crippen LogP) is 9.22. The molecule has 0 heterocycles. The summed E-state index contributed by atoms with van der Waals surface area (Å²) < 4.78 is 11.3. The number of hydrogen-bond acceptors (Lipinski definition) is 5. The molecule has 0 spiro atoms. The number of carbonyl (C=O) groups excluding carboxylic acids is 2. The third kappa shape index (κ3) is 9.04. The van der Waals surface area contributed by atoms with Gasteiger partial charge < -0.3 is 14.6 Å². The Bertz CT molecular complexity index is 1320. The van der Waals surface area contributed by atoms with E-state index < -0.39 is 5.97 Å². The minimum Gasteiger partial charge on any atom is -0.478 e. The lowest BCUT2D eigenvalue weighted by Gasteiger charge is -2.19. The molecule has 3 aromatic rings. The fourth-order valence-corrected chi connectivity index (χ4v) is 5.12. The van der Waals surface area contributed by atoms with Gasteiger partial charge >= 0.3 is 17.9 Å². The van der Waals surface area contributed by atoms with E-state index in [1.807, 2.05) is 26.0 Å². The van der Waals surface area contributed by atoms with Crippen molar-refractivity contribution in [1.29, 1.82) is 0 Å². The maximum atomic E-state index is 12.8. The summed E-state index contributed by atoms with van der Waals surface area (Å²) in [7, 11) is 0. The second kappa shape index (κ2) is 15.9. The highest BCUT2D eigenvalue weighted by molar-refractivity contribution is 5.95. The van der Waals surface area contributed by atoms with Gasteiger partial charge in [-0.15, -0.1) is 0 Å². The molecule has 6 nitrogen and oxygen atoms in total. The zero-order valence-electron chi connectivity index (χ0n) is 25.5. The maximum absolute atomic E-state index is 12.8. The Morgan fingerprint density at radius 1 is 0.667 bits per heavy atom. The van der Waals surface area contributed by atoms with E-state index in [0.717, 1.165) is 61.6 Å². The minimum absolute atomic E-state index is 0.157. The molecule has 2 atom stereocenters. The molecular weight excluding hydrogens is 528 g/mol. The Balaban J connectivity index is 1.81. The van der Waals surface area contributed by atoms with E-state index >= 15 is 0 Å². The number of rotatable bonds is 15. The van der Waals surface area contributed by atoms with Gasteiger partial charge in [0.05, 0.1) is 28.9 Å². The van der Waals surface area contributed by atoms with Gasteiger partial charge in [-0.05, 0) is 97.7 Å². The van der Waals surface area contributed by atoms with Gasteiger partial charge in [-0.25, -0.2) is 14.4 Å². The summed E-state index contributed by atoms with van der Waals surface area (Å²) in [6, 6.07) is 19.1. The van der Waals surface area contributed by atoms with Crippen LogP contribution in [-0.4, -0.2) is 35.2 Å². The van der Waals surface area contributed by atoms with Gasteiger partial charge in [0.15, 0.2) is 0 Å². The molecule has 6 heteroatoms. The Labute approximate surface area is 250 Å². The van der Waals surface area contributed by atoms with E-state index in [1.165, 1.54) is 0 Å². The number of unbranched alkanes of at least 4 members (excludes halogenated alkanes) is 2. The van der Waals surface area contributed by atoms with Crippen molar-refractivity contribution < 1.29 is 29.0 Å². The van der Waals surface area contributed by atoms with Crippen molar-refractivity contribution in [1.82, 2.24) is 0 Å². The van der Waals surface area contributed by atoms with Gasteiger partial charge in [0.25, 0.3) is 0 Å². The van der Waals surface area contributed by atoms with Gasteiger partial charge in [-0.3, -0.25) is 0 Å².